The highest BCUT2D eigenvalue weighted by molar-refractivity contribution is 6.01. The van der Waals surface area contributed by atoms with Crippen LogP contribution in [-0.2, 0) is 14.4 Å². The number of amides is 2. The first-order valence-corrected chi connectivity index (χ1v) is 6.21. The lowest BCUT2D eigenvalue weighted by atomic mass is 9.99. The molecule has 2 aliphatic heterocycles. The van der Waals surface area contributed by atoms with E-state index >= 15 is 0 Å². The van der Waals surface area contributed by atoms with Gasteiger partial charge in [0.25, 0.3) is 0 Å². The van der Waals surface area contributed by atoms with Crippen molar-refractivity contribution >= 4 is 18.1 Å². The van der Waals surface area contributed by atoms with Crippen LogP contribution in [0.2, 0.25) is 0 Å². The second-order valence-corrected chi connectivity index (χ2v) is 4.75. The van der Waals surface area contributed by atoms with E-state index in [1.165, 1.54) is 4.90 Å². The average Bonchev–Trinajstić information content (AvgIpc) is 2.67. The third-order valence-corrected chi connectivity index (χ3v) is 3.62. The van der Waals surface area contributed by atoms with E-state index in [0.717, 1.165) is 38.8 Å². The smallest absolute Gasteiger partial charge is 0.229 e. The Labute approximate surface area is 101 Å². The molecule has 0 spiro atoms. The van der Waals surface area contributed by atoms with Gasteiger partial charge in [0.2, 0.25) is 11.8 Å². The molecule has 0 atom stereocenters. The molecule has 0 radical (unpaired) electrons. The third-order valence-electron chi connectivity index (χ3n) is 3.62. The van der Waals surface area contributed by atoms with Gasteiger partial charge in [0.05, 0.1) is 0 Å². The number of nitrogens with zero attached hydrogens (tertiary/aromatic N) is 2. The van der Waals surface area contributed by atoms with Crippen molar-refractivity contribution in [2.24, 2.45) is 5.92 Å². The minimum atomic E-state index is -0.0437. The molecule has 0 aliphatic carbocycles. The first-order chi connectivity index (χ1) is 8.20. The van der Waals surface area contributed by atoms with Crippen LogP contribution < -0.4 is 0 Å². The topological polar surface area (TPSA) is 57.7 Å². The van der Waals surface area contributed by atoms with E-state index in [2.05, 4.69) is 4.90 Å². The maximum Gasteiger partial charge on any atom is 0.229 e. The van der Waals surface area contributed by atoms with Crippen molar-refractivity contribution in [3.05, 3.63) is 0 Å². The van der Waals surface area contributed by atoms with E-state index in [0.29, 0.717) is 19.4 Å². The zero-order chi connectivity index (χ0) is 12.3. The summed E-state index contributed by atoms with van der Waals surface area (Å²) in [5.74, 6) is 0.108. The number of likely N-dealkylation sites (tertiary alicyclic amines) is 2. The Morgan fingerprint density at radius 1 is 1.06 bits per heavy atom. The van der Waals surface area contributed by atoms with Crippen LogP contribution >= 0.6 is 0 Å². The predicted octanol–water partition coefficient (Wildman–Crippen LogP) is 0.0463. The van der Waals surface area contributed by atoms with Crippen molar-refractivity contribution in [2.45, 2.75) is 25.7 Å². The number of aldehydes is 1. The van der Waals surface area contributed by atoms with Gasteiger partial charge >= 0.3 is 0 Å². The Kier molecular flexibility index (Phi) is 3.89. The molecule has 0 N–H and O–H groups in total. The molecule has 0 unspecified atom stereocenters. The van der Waals surface area contributed by atoms with E-state index in [9.17, 15) is 14.4 Å². The van der Waals surface area contributed by atoms with Gasteiger partial charge in [-0.3, -0.25) is 14.5 Å². The highest BCUT2D eigenvalue weighted by Crippen LogP contribution is 2.16. The van der Waals surface area contributed by atoms with Crippen molar-refractivity contribution in [2.75, 3.05) is 26.2 Å². The lowest BCUT2D eigenvalue weighted by molar-refractivity contribution is -0.138. The molecule has 2 amide bonds. The van der Waals surface area contributed by atoms with Crippen LogP contribution in [0.25, 0.3) is 0 Å². The number of carbonyl (C=O) groups excluding carboxylic acids is 3. The standard InChI is InChI=1S/C12H18N2O3/c15-9-10-3-5-13(6-4-10)7-8-14-11(16)1-2-12(14)17/h9-10H,1-8H2. The third kappa shape index (κ3) is 2.91. The maximum absolute atomic E-state index is 11.4. The van der Waals surface area contributed by atoms with Gasteiger partial charge in [-0.05, 0) is 25.9 Å². The lowest BCUT2D eigenvalue weighted by Crippen LogP contribution is -2.41. The highest BCUT2D eigenvalue weighted by Gasteiger charge is 2.29. The van der Waals surface area contributed by atoms with Crippen LogP contribution in [0.5, 0.6) is 0 Å². The first-order valence-electron chi connectivity index (χ1n) is 6.21. The Morgan fingerprint density at radius 3 is 2.18 bits per heavy atom. The van der Waals surface area contributed by atoms with Crippen LogP contribution in [0.15, 0.2) is 0 Å². The molecule has 0 aromatic carbocycles. The predicted molar refractivity (Wildman–Crippen MR) is 61.2 cm³/mol. The van der Waals surface area contributed by atoms with Crippen LogP contribution in [0.3, 0.4) is 0 Å². The molecule has 0 saturated carbocycles. The molecule has 2 rings (SSSR count). The molecule has 94 valence electrons. The molecule has 2 aliphatic rings. The summed E-state index contributed by atoms with van der Waals surface area (Å²) in [5, 5.41) is 0. The van der Waals surface area contributed by atoms with E-state index in [4.69, 9.17) is 0 Å². The molecule has 0 aromatic rings. The molecule has 0 aromatic heterocycles. The summed E-state index contributed by atoms with van der Waals surface area (Å²) in [5.41, 5.74) is 0. The Bertz CT molecular complexity index is 306. The van der Waals surface area contributed by atoms with Crippen molar-refractivity contribution in [3.63, 3.8) is 0 Å². The fourth-order valence-electron chi connectivity index (χ4n) is 2.43. The summed E-state index contributed by atoms with van der Waals surface area (Å²) >= 11 is 0. The number of rotatable bonds is 4. The van der Waals surface area contributed by atoms with Crippen LogP contribution in [0, 0.1) is 5.92 Å². The Morgan fingerprint density at radius 2 is 1.65 bits per heavy atom. The van der Waals surface area contributed by atoms with Crippen LogP contribution in [-0.4, -0.2) is 54.1 Å². The second kappa shape index (κ2) is 5.40. The van der Waals surface area contributed by atoms with Crippen molar-refractivity contribution in [3.8, 4) is 0 Å². The molecular weight excluding hydrogens is 220 g/mol. The number of hydrogen-bond donors (Lipinski definition) is 0. The van der Waals surface area contributed by atoms with Gasteiger partial charge in [0, 0.05) is 31.8 Å². The zero-order valence-electron chi connectivity index (χ0n) is 9.93. The molecule has 5 heteroatoms. The van der Waals surface area contributed by atoms with Crippen LogP contribution in [0.1, 0.15) is 25.7 Å². The largest absolute Gasteiger partial charge is 0.303 e. The zero-order valence-corrected chi connectivity index (χ0v) is 9.93. The van der Waals surface area contributed by atoms with Gasteiger partial charge in [0.15, 0.2) is 0 Å². The Balaban J connectivity index is 1.74. The SMILES string of the molecule is O=CC1CCN(CCN2C(=O)CCC2=O)CC1. The normalized spacial score (nSPS) is 23.4. The Hall–Kier alpha value is -1.23. The minimum Gasteiger partial charge on any atom is -0.303 e. The number of piperidine rings is 1. The van der Waals surface area contributed by atoms with Crippen molar-refractivity contribution in [1.29, 1.82) is 0 Å². The summed E-state index contributed by atoms with van der Waals surface area (Å²) in [7, 11) is 0. The fourth-order valence-corrected chi connectivity index (χ4v) is 2.43. The van der Waals surface area contributed by atoms with E-state index in [1.807, 2.05) is 0 Å². The molecule has 2 saturated heterocycles. The number of hydrogen-bond acceptors (Lipinski definition) is 4. The van der Waals surface area contributed by atoms with Crippen LogP contribution in [0.4, 0.5) is 0 Å². The number of imide groups is 1. The molecule has 17 heavy (non-hydrogen) atoms. The summed E-state index contributed by atoms with van der Waals surface area (Å²) < 4.78 is 0. The minimum absolute atomic E-state index is 0.0437. The van der Waals surface area contributed by atoms with Gasteiger partial charge < -0.3 is 9.69 Å². The first kappa shape index (κ1) is 12.2. The van der Waals surface area contributed by atoms with Gasteiger partial charge in [0.1, 0.15) is 6.29 Å². The molecule has 5 nitrogen and oxygen atoms in total. The van der Waals surface area contributed by atoms with E-state index in [-0.39, 0.29) is 17.7 Å². The highest BCUT2D eigenvalue weighted by atomic mass is 16.2. The monoisotopic (exact) mass is 238 g/mol. The van der Waals surface area contributed by atoms with Crippen molar-refractivity contribution < 1.29 is 14.4 Å². The summed E-state index contributed by atoms with van der Waals surface area (Å²) in [6.45, 7) is 3.02. The number of carbonyl (C=O) groups is 3. The average molecular weight is 238 g/mol. The molecule has 0 bridgehead atoms. The summed E-state index contributed by atoms with van der Waals surface area (Å²) in [6, 6.07) is 0. The molecule has 2 heterocycles. The van der Waals surface area contributed by atoms with E-state index in [1.54, 1.807) is 0 Å². The van der Waals surface area contributed by atoms with Gasteiger partial charge in [-0.1, -0.05) is 0 Å². The molecule has 2 fully saturated rings. The van der Waals surface area contributed by atoms with E-state index < -0.39 is 0 Å². The lowest BCUT2D eigenvalue weighted by Gasteiger charge is -2.30. The fraction of sp³-hybridized carbons (Fsp3) is 0.750. The second-order valence-electron chi connectivity index (χ2n) is 4.75. The maximum atomic E-state index is 11.4. The van der Waals surface area contributed by atoms with Gasteiger partial charge in [-0.15, -0.1) is 0 Å². The quantitative estimate of drug-likeness (QED) is 0.513. The van der Waals surface area contributed by atoms with Gasteiger partial charge in [-0.2, -0.15) is 0 Å². The molecular formula is C12H18N2O3. The van der Waals surface area contributed by atoms with Gasteiger partial charge in [-0.25, -0.2) is 0 Å². The summed E-state index contributed by atoms with van der Waals surface area (Å²) in [4.78, 5) is 37.0. The van der Waals surface area contributed by atoms with Crippen molar-refractivity contribution in [1.82, 2.24) is 9.80 Å². The summed E-state index contributed by atoms with van der Waals surface area (Å²) in [6.07, 6.45) is 3.56.